The fraction of sp³-hybridized carbons (Fsp3) is 0.889. The zero-order chi connectivity index (χ0) is 12.8. The summed E-state index contributed by atoms with van der Waals surface area (Å²) in [6.07, 6.45) is -3.96. The smallest absolute Gasteiger partial charge is 0.396 e. The predicted molar refractivity (Wildman–Crippen MR) is 60.1 cm³/mol. The Morgan fingerprint density at radius 2 is 2.06 bits per heavy atom. The summed E-state index contributed by atoms with van der Waals surface area (Å²) in [5, 5.41) is 8.61. The largest absolute Gasteiger partial charge is 0.399 e. The molecule has 0 aromatic carbocycles. The third-order valence-corrected chi connectivity index (χ3v) is 2.54. The van der Waals surface area contributed by atoms with E-state index >= 15 is 0 Å². The molecule has 0 aromatic rings. The molecule has 0 saturated heterocycles. The number of hydrogen-bond donors (Lipinski definition) is 2. The number of rotatable bonds is 7. The maximum absolute atomic E-state index is 12.5. The number of thiocarbonyl (C=S) groups is 1. The Bertz CT molecular complexity index is 223. The van der Waals surface area contributed by atoms with Gasteiger partial charge in [-0.3, -0.25) is 0 Å². The second-order valence-corrected chi connectivity index (χ2v) is 3.94. The van der Waals surface area contributed by atoms with E-state index in [9.17, 15) is 13.2 Å². The highest BCUT2D eigenvalue weighted by Gasteiger charge is 2.42. The molecular weight excluding hydrogens is 241 g/mol. The summed E-state index contributed by atoms with van der Waals surface area (Å²) in [7, 11) is 0. The van der Waals surface area contributed by atoms with E-state index in [1.165, 1.54) is 0 Å². The first kappa shape index (κ1) is 15.6. The minimum absolute atomic E-state index is 0.0414. The second-order valence-electron chi connectivity index (χ2n) is 3.47. The number of hydrogen-bond acceptors (Lipinski definition) is 3. The first-order valence-corrected chi connectivity index (χ1v) is 5.43. The number of nitrogens with two attached hydrogens (primary N) is 1. The average molecular weight is 258 g/mol. The molecule has 1 atom stereocenters. The summed E-state index contributed by atoms with van der Waals surface area (Å²) < 4.78 is 37.6. The van der Waals surface area contributed by atoms with Crippen molar-refractivity contribution in [1.82, 2.24) is 4.90 Å². The van der Waals surface area contributed by atoms with Crippen LogP contribution in [0.3, 0.4) is 0 Å². The van der Waals surface area contributed by atoms with Gasteiger partial charge in [0.15, 0.2) is 0 Å². The van der Waals surface area contributed by atoms with Crippen LogP contribution in [0.15, 0.2) is 0 Å². The molecule has 0 aliphatic carbocycles. The first-order chi connectivity index (χ1) is 7.32. The maximum Gasteiger partial charge on any atom is 0.399 e. The summed E-state index contributed by atoms with van der Waals surface area (Å²) in [5.74, 6) is -1.78. The first-order valence-electron chi connectivity index (χ1n) is 5.02. The van der Waals surface area contributed by atoms with Crippen molar-refractivity contribution < 1.29 is 18.3 Å². The molecule has 3 nitrogen and oxygen atoms in total. The Labute approximate surface area is 98.4 Å². The van der Waals surface area contributed by atoms with Gasteiger partial charge in [-0.2, -0.15) is 13.2 Å². The lowest BCUT2D eigenvalue weighted by molar-refractivity contribution is -0.159. The zero-order valence-electron chi connectivity index (χ0n) is 9.13. The van der Waals surface area contributed by atoms with Crippen LogP contribution < -0.4 is 5.73 Å². The molecule has 1 unspecified atom stereocenters. The molecule has 0 bridgehead atoms. The highest BCUT2D eigenvalue weighted by molar-refractivity contribution is 7.80. The van der Waals surface area contributed by atoms with Gasteiger partial charge in [0.2, 0.25) is 0 Å². The van der Waals surface area contributed by atoms with E-state index in [1.54, 1.807) is 11.8 Å². The molecule has 96 valence electrons. The van der Waals surface area contributed by atoms with Gasteiger partial charge in [0.25, 0.3) is 0 Å². The van der Waals surface area contributed by atoms with Gasteiger partial charge in [0.05, 0.1) is 4.99 Å². The average Bonchev–Trinajstić information content (AvgIpc) is 2.15. The summed E-state index contributed by atoms with van der Waals surface area (Å²) >= 11 is 4.43. The molecule has 0 rings (SSSR count). The van der Waals surface area contributed by atoms with Gasteiger partial charge in [0, 0.05) is 19.7 Å². The topological polar surface area (TPSA) is 49.5 Å². The van der Waals surface area contributed by atoms with Crippen molar-refractivity contribution in [2.45, 2.75) is 19.5 Å². The van der Waals surface area contributed by atoms with E-state index < -0.39 is 17.1 Å². The summed E-state index contributed by atoms with van der Waals surface area (Å²) in [4.78, 5) is 1.04. The number of nitrogens with zero attached hydrogens (tertiary/aromatic N) is 1. The molecular formula is C9H17F3N2OS. The van der Waals surface area contributed by atoms with E-state index in [-0.39, 0.29) is 13.2 Å². The molecule has 0 amide bonds. The molecule has 3 N–H and O–H groups in total. The molecule has 0 aliphatic rings. The van der Waals surface area contributed by atoms with Gasteiger partial charge < -0.3 is 15.7 Å². The van der Waals surface area contributed by atoms with Gasteiger partial charge in [-0.05, 0) is 13.0 Å². The fourth-order valence-corrected chi connectivity index (χ4v) is 1.49. The number of aliphatic hydroxyl groups excluding tert-OH is 1. The highest BCUT2D eigenvalue weighted by Crippen LogP contribution is 2.27. The highest BCUT2D eigenvalue weighted by atomic mass is 32.1. The van der Waals surface area contributed by atoms with Crippen molar-refractivity contribution in [3.63, 3.8) is 0 Å². The molecule has 0 aromatic heterocycles. The van der Waals surface area contributed by atoms with Crippen molar-refractivity contribution in [2.24, 2.45) is 11.7 Å². The van der Waals surface area contributed by atoms with Crippen molar-refractivity contribution in [1.29, 1.82) is 0 Å². The Morgan fingerprint density at radius 1 is 1.50 bits per heavy atom. The molecule has 7 heteroatoms. The molecule has 0 spiro atoms. The van der Waals surface area contributed by atoms with E-state index in [0.717, 1.165) is 0 Å². The predicted octanol–water partition coefficient (Wildman–Crippen LogP) is 1.16. The molecule has 0 aliphatic heterocycles. The van der Waals surface area contributed by atoms with Crippen LogP contribution in [0, 0.1) is 5.92 Å². The van der Waals surface area contributed by atoms with Gasteiger partial charge in [-0.15, -0.1) is 0 Å². The standard InChI is InChI=1S/C9H17F3N2OS/c1-2-14(4-3-5-15)6-7(8(13)16)9(10,11)12/h7,15H,2-6H2,1H3,(H2,13,16). The normalized spacial score (nSPS) is 14.1. The Balaban J connectivity index is 4.42. The van der Waals surface area contributed by atoms with Crippen LogP contribution in [0.5, 0.6) is 0 Å². The van der Waals surface area contributed by atoms with Crippen molar-refractivity contribution in [3.05, 3.63) is 0 Å². The monoisotopic (exact) mass is 258 g/mol. The minimum atomic E-state index is -4.40. The molecule has 0 heterocycles. The van der Waals surface area contributed by atoms with Crippen LogP contribution in [0.25, 0.3) is 0 Å². The van der Waals surface area contributed by atoms with Crippen LogP contribution in [-0.4, -0.2) is 47.4 Å². The number of halogens is 3. The Hall–Kier alpha value is -0.400. The third kappa shape index (κ3) is 5.62. The lowest BCUT2D eigenvalue weighted by Gasteiger charge is -2.27. The summed E-state index contributed by atoms with van der Waals surface area (Å²) in [6.45, 7) is 2.34. The van der Waals surface area contributed by atoms with Gasteiger partial charge in [-0.25, -0.2) is 0 Å². The van der Waals surface area contributed by atoms with Crippen LogP contribution in [0.1, 0.15) is 13.3 Å². The quantitative estimate of drug-likeness (QED) is 0.673. The fourth-order valence-electron chi connectivity index (χ4n) is 1.29. The van der Waals surface area contributed by atoms with Crippen LogP contribution in [0.4, 0.5) is 13.2 Å². The Morgan fingerprint density at radius 3 is 2.38 bits per heavy atom. The van der Waals surface area contributed by atoms with Gasteiger partial charge in [0.1, 0.15) is 5.92 Å². The molecule has 0 saturated carbocycles. The van der Waals surface area contributed by atoms with Crippen molar-refractivity contribution in [2.75, 3.05) is 26.2 Å². The summed E-state index contributed by atoms with van der Waals surface area (Å²) in [5.41, 5.74) is 5.09. The number of aliphatic hydroxyl groups is 1. The van der Waals surface area contributed by atoms with Crippen LogP contribution in [-0.2, 0) is 0 Å². The lowest BCUT2D eigenvalue weighted by Crippen LogP contribution is -2.43. The van der Waals surface area contributed by atoms with Crippen molar-refractivity contribution in [3.8, 4) is 0 Å². The minimum Gasteiger partial charge on any atom is -0.396 e. The van der Waals surface area contributed by atoms with Gasteiger partial charge >= 0.3 is 6.18 Å². The van der Waals surface area contributed by atoms with Crippen LogP contribution in [0.2, 0.25) is 0 Å². The second kappa shape index (κ2) is 7.03. The van der Waals surface area contributed by atoms with E-state index in [2.05, 4.69) is 12.2 Å². The Kier molecular flexibility index (Phi) is 6.85. The molecule has 0 radical (unpaired) electrons. The van der Waals surface area contributed by atoms with E-state index in [0.29, 0.717) is 19.5 Å². The summed E-state index contributed by atoms with van der Waals surface area (Å²) in [6, 6.07) is 0. The van der Waals surface area contributed by atoms with Gasteiger partial charge in [-0.1, -0.05) is 19.1 Å². The van der Waals surface area contributed by atoms with Crippen molar-refractivity contribution >= 4 is 17.2 Å². The van der Waals surface area contributed by atoms with E-state index in [1.807, 2.05) is 0 Å². The zero-order valence-corrected chi connectivity index (χ0v) is 9.94. The lowest BCUT2D eigenvalue weighted by atomic mass is 10.1. The number of alkyl halides is 3. The van der Waals surface area contributed by atoms with Crippen LogP contribution >= 0.6 is 12.2 Å². The third-order valence-electron chi connectivity index (χ3n) is 2.26. The maximum atomic E-state index is 12.5. The SMILES string of the molecule is CCN(CCCO)CC(C(N)=S)C(F)(F)F. The molecule has 16 heavy (non-hydrogen) atoms. The van der Waals surface area contributed by atoms with E-state index in [4.69, 9.17) is 10.8 Å². The molecule has 0 fully saturated rings.